The van der Waals surface area contributed by atoms with E-state index < -0.39 is 77.3 Å². The lowest BCUT2D eigenvalue weighted by molar-refractivity contribution is -0.385. The molecule has 5 aromatic heterocycles. The number of hydrogen-bond acceptors (Lipinski definition) is 25. The number of fused-ring (bicyclic) bond motifs is 10. The fourth-order valence-electron chi connectivity index (χ4n) is 18.2. The minimum Gasteiger partial charge on any atom is -0.450 e. The number of nitrogens with one attached hydrogen (secondary N) is 2. The van der Waals surface area contributed by atoms with Crippen LogP contribution in [0.25, 0.3) is 83.0 Å². The summed E-state index contributed by atoms with van der Waals surface area (Å²) < 4.78 is 140. The normalized spacial score (nSPS) is 14.3. The van der Waals surface area contributed by atoms with E-state index in [1.807, 2.05) is 28.8 Å². The highest BCUT2D eigenvalue weighted by Crippen LogP contribution is 2.54. The van der Waals surface area contributed by atoms with Crippen LogP contribution in [0.3, 0.4) is 0 Å². The lowest BCUT2D eigenvalue weighted by Crippen LogP contribution is -2.45. The van der Waals surface area contributed by atoms with E-state index in [-0.39, 0.29) is 168 Å². The van der Waals surface area contributed by atoms with Gasteiger partial charge in [-0.2, -0.15) is 8.78 Å². The fourth-order valence-corrected chi connectivity index (χ4v) is 18.5. The number of pyridine rings is 5. The molecule has 2 N–H and O–H groups in total. The summed E-state index contributed by atoms with van der Waals surface area (Å²) in [5.74, 6) is -6.01. The molecule has 10 aromatic carbocycles. The summed E-state index contributed by atoms with van der Waals surface area (Å²) in [4.78, 5) is 127. The molecule has 0 spiro atoms. The first-order valence-corrected chi connectivity index (χ1v) is 43.4. The minimum absolute atomic E-state index is 0.0342. The van der Waals surface area contributed by atoms with E-state index in [9.17, 15) is 86.8 Å². The molecule has 35 nitrogen and oxygen atoms in total. The summed E-state index contributed by atoms with van der Waals surface area (Å²) in [5.41, 5.74) is 5.04. The molecule has 0 saturated carbocycles. The summed E-state index contributed by atoms with van der Waals surface area (Å²) >= 11 is 5.94. The number of aromatic nitrogens is 5. The molecular weight excluding hydrogens is 1850 g/mol. The third-order valence-corrected chi connectivity index (χ3v) is 25.4. The van der Waals surface area contributed by atoms with E-state index in [0.29, 0.717) is 120 Å². The summed E-state index contributed by atoms with van der Waals surface area (Å²) in [5, 5.41) is 51.1. The van der Waals surface area contributed by atoms with Crippen LogP contribution in [0.4, 0.5) is 76.2 Å². The number of anilines is 4. The van der Waals surface area contributed by atoms with Gasteiger partial charge in [-0.05, 0) is 115 Å². The Kier molecular flexibility index (Phi) is 23.0. The van der Waals surface area contributed by atoms with Gasteiger partial charge >= 0.3 is 0 Å². The first kappa shape index (κ1) is 91.5. The van der Waals surface area contributed by atoms with E-state index in [1.165, 1.54) is 91.3 Å². The van der Waals surface area contributed by atoms with Crippen LogP contribution in [0.2, 0.25) is 5.02 Å². The smallest absolute Gasteiger partial charge is 0.291 e. The number of carbonyl (C=O) groups is 1. The molecule has 3 fully saturated rings. The zero-order valence-electron chi connectivity index (χ0n) is 74.4. The van der Waals surface area contributed by atoms with Crippen LogP contribution in [-0.2, 0) is 4.79 Å². The van der Waals surface area contributed by atoms with Crippen molar-refractivity contribution < 1.29 is 78.9 Å². The van der Waals surface area contributed by atoms with Crippen LogP contribution in [0, 0.1) is 116 Å². The number of halogens is 8. The maximum absolute atomic E-state index is 15.3. The Balaban J connectivity index is 0.000000111. The quantitative estimate of drug-likeness (QED) is 0.0810. The zero-order chi connectivity index (χ0) is 98.5. The summed E-state index contributed by atoms with van der Waals surface area (Å²) in [6.45, 7) is 17.5. The molecule has 8 aliphatic heterocycles. The van der Waals surface area contributed by atoms with Gasteiger partial charge < -0.3 is 81.7 Å². The maximum Gasteiger partial charge on any atom is 0.291 e. The minimum atomic E-state index is -1.28. The van der Waals surface area contributed by atoms with Crippen LogP contribution >= 0.6 is 11.6 Å². The Morgan fingerprint density at radius 2 is 0.640 bits per heavy atom. The van der Waals surface area contributed by atoms with Crippen molar-refractivity contribution in [2.45, 2.75) is 41.5 Å². The molecule has 0 aliphatic carbocycles. The Morgan fingerprint density at radius 3 is 0.957 bits per heavy atom. The molecule has 15 aromatic rings. The number of nitro groups is 4. The first-order valence-electron chi connectivity index (χ1n) is 43.0. The standard InChI is InChI=1S/2C21H19FN4O4.C20H17FN4O4.C18H12F2N2O3.C16H7ClF2N2O4/c2*1-12-11-25-16-4-3-13(26(28)29)9-17(16)30-21-18(25)14(20(12)27)10-15(22)19(21)24-7-5-23(2)6-8-24;1-11-10-24-15-3-2-12(25(27)28)8-16(15)29-20-17(24)13(19(11)26)9-14(21)18(20)23-6-4-22-5-7-23;1-8-7-22-13-4-3-10(21-9(2)23)5-14(13)25-18-15(20)12(19)6-11(16(18)22)17(8)24;1-6-5-20-11-3-8(17)10(21(23)24)4-12(11)25-16-13(19)9(18)2-7(14(16)20)15(6)22/h2*3-4,9-11H,5-8H2,1-2H3;2-3,8-10,22H,4-7H2,1H3;3-7H,1-2H3,(H,21,23);2-5H,1H3. The Labute approximate surface area is 782 Å². The van der Waals surface area contributed by atoms with Gasteiger partial charge in [0.2, 0.25) is 17.5 Å². The van der Waals surface area contributed by atoms with Gasteiger partial charge in [-0.15, -0.1) is 0 Å². The molecule has 23 rings (SSSR count). The van der Waals surface area contributed by atoms with Gasteiger partial charge in [0.05, 0.1) is 99.3 Å². The van der Waals surface area contributed by atoms with Crippen molar-refractivity contribution in [3.05, 3.63) is 311 Å². The number of non-ortho nitro benzene ring substituents is 3. The van der Waals surface area contributed by atoms with Crippen LogP contribution < -0.4 is 76.2 Å². The molecule has 13 heterocycles. The van der Waals surface area contributed by atoms with Gasteiger partial charge in [0, 0.05) is 174 Å². The van der Waals surface area contributed by atoms with E-state index >= 15 is 13.2 Å². The van der Waals surface area contributed by atoms with E-state index in [4.69, 9.17) is 35.3 Å². The second-order valence-corrected chi connectivity index (χ2v) is 34.5. The second kappa shape index (κ2) is 34.9. The monoisotopic (exact) mass is 1920 g/mol. The number of amides is 1. The van der Waals surface area contributed by atoms with Gasteiger partial charge in [-0.25, -0.2) is 22.0 Å². The molecule has 708 valence electrons. The van der Waals surface area contributed by atoms with Gasteiger partial charge in [0.1, 0.15) is 49.7 Å². The van der Waals surface area contributed by atoms with Crippen LogP contribution in [0.15, 0.2) is 170 Å². The number of likely N-dealkylation sites (N-methyl/N-ethyl adjacent to an activating group) is 2. The average molecular weight is 1920 g/mol. The molecule has 0 bridgehead atoms. The van der Waals surface area contributed by atoms with Crippen LogP contribution in [-0.4, -0.2) is 151 Å². The summed E-state index contributed by atoms with van der Waals surface area (Å²) in [6, 6.07) is 25.6. The van der Waals surface area contributed by atoms with Gasteiger partial charge in [-0.3, -0.25) is 69.2 Å². The van der Waals surface area contributed by atoms with Crippen molar-refractivity contribution in [1.29, 1.82) is 0 Å². The number of hydrogen-bond donors (Lipinski definition) is 2. The van der Waals surface area contributed by atoms with Crippen molar-refractivity contribution in [3.8, 4) is 85.9 Å². The number of aryl methyl sites for hydroxylation is 5. The van der Waals surface area contributed by atoms with Gasteiger partial charge in [-0.1, -0.05) is 11.6 Å². The fraction of sp³-hybridized carbons (Fsp3) is 0.208. The highest BCUT2D eigenvalue weighted by atomic mass is 35.5. The third-order valence-electron chi connectivity index (χ3n) is 25.1. The highest BCUT2D eigenvalue weighted by Gasteiger charge is 2.39. The Bertz CT molecular complexity index is 8140. The van der Waals surface area contributed by atoms with Crippen LogP contribution in [0.1, 0.15) is 34.7 Å². The van der Waals surface area contributed by atoms with E-state index in [2.05, 4.69) is 20.4 Å². The number of benzene rings is 10. The van der Waals surface area contributed by atoms with Crippen LogP contribution in [0.5, 0.6) is 57.5 Å². The van der Waals surface area contributed by atoms with Gasteiger partial charge in [0.25, 0.3) is 22.7 Å². The second-order valence-electron chi connectivity index (χ2n) is 34.1. The Morgan fingerprint density at radius 1 is 0.360 bits per heavy atom. The van der Waals surface area contributed by atoms with Crippen molar-refractivity contribution in [2.24, 2.45) is 0 Å². The largest absolute Gasteiger partial charge is 0.450 e. The molecule has 1 amide bonds. The van der Waals surface area contributed by atoms with Gasteiger partial charge in [0.15, 0.2) is 114 Å². The third kappa shape index (κ3) is 15.8. The molecule has 139 heavy (non-hydrogen) atoms. The topological polar surface area (TPSA) is 386 Å². The molecule has 0 radical (unpaired) electrons. The molecule has 0 unspecified atom stereocenters. The molecule has 3 saturated heterocycles. The number of ether oxygens (including phenoxy) is 5. The molecular formula is C96H74ClF7N16O19. The van der Waals surface area contributed by atoms with Crippen molar-refractivity contribution in [1.82, 2.24) is 38.0 Å². The lowest BCUT2D eigenvalue weighted by Gasteiger charge is -2.36. The molecule has 8 aliphatic rings. The lowest BCUT2D eigenvalue weighted by atomic mass is 10.1. The Hall–Kier alpha value is -16.6. The van der Waals surface area contributed by atoms with Crippen molar-refractivity contribution in [3.63, 3.8) is 0 Å². The summed E-state index contributed by atoms with van der Waals surface area (Å²) in [6.07, 6.45) is 8.00. The summed E-state index contributed by atoms with van der Waals surface area (Å²) in [7, 11) is 4.01. The highest BCUT2D eigenvalue weighted by molar-refractivity contribution is 6.33. The maximum atomic E-state index is 15.3. The van der Waals surface area contributed by atoms with Crippen molar-refractivity contribution >= 4 is 118 Å². The zero-order valence-corrected chi connectivity index (χ0v) is 75.1. The van der Waals surface area contributed by atoms with Crippen molar-refractivity contribution in [2.75, 3.05) is 113 Å². The van der Waals surface area contributed by atoms with E-state index in [0.717, 1.165) is 44.4 Å². The number of nitro benzene ring substituents is 4. The number of piperazine rings is 3. The predicted octanol–water partition coefficient (Wildman–Crippen LogP) is 17.2. The number of rotatable bonds is 8. The number of nitrogens with zero attached hydrogens (tertiary/aromatic N) is 14. The predicted molar refractivity (Wildman–Crippen MR) is 502 cm³/mol. The molecule has 0 atom stereocenters. The number of carbonyl (C=O) groups excluding carboxylic acids is 1. The SMILES string of the molecule is CC(=O)Nc1ccc2c(c1)Oc1c(F)c(F)cc3c(=O)c(C)cn-2c13.Cc1cn2c3c(c(F)c(F)cc3c1=O)Oc1cc([N+](=O)[O-])c(Cl)cc1-2.Cc1cn2c3c(c(N4CCN(C)CC4)c(F)cc3c1=O)Oc1cc([N+](=O)[O-])ccc1-2.Cc1cn2c3c(c(N4CCN(C)CC4)c(F)cc3c1=O)Oc1cc([N+](=O)[O-])ccc1-2.Cc1cn2c3c(c(N4CCNCC4)c(F)cc3c1=O)Oc1cc([N+](=O)[O-])ccc1-2. The first-order chi connectivity index (χ1) is 66.3. The van der Waals surface area contributed by atoms with E-state index in [1.54, 1.807) is 101 Å². The molecule has 43 heteroatoms. The average Bonchev–Trinajstić information content (AvgIpc) is 0.727.